The van der Waals surface area contributed by atoms with Crippen molar-refractivity contribution in [1.82, 2.24) is 5.32 Å². The molecule has 0 heterocycles. The number of carbonyl (C=O) groups is 1. The maximum atomic E-state index is 13.1. The van der Waals surface area contributed by atoms with Gasteiger partial charge in [-0.1, -0.05) is 6.92 Å². The molecule has 0 radical (unpaired) electrons. The molecule has 2 amide bonds. The van der Waals surface area contributed by atoms with Crippen LogP contribution in [0.2, 0.25) is 0 Å². The van der Waals surface area contributed by atoms with E-state index in [0.29, 0.717) is 18.7 Å². The molecule has 3 N–H and O–H groups in total. The SMILES string of the molecule is CC(CCO)CNC(=O)Nc1ccc(F)c(C#N)c1. The third kappa shape index (κ3) is 4.94. The number of anilines is 1. The molecule has 1 aromatic rings. The Hall–Kier alpha value is -2.13. The first-order valence-corrected chi connectivity index (χ1v) is 5.92. The van der Waals surface area contributed by atoms with E-state index in [1.165, 1.54) is 12.1 Å². The number of nitriles is 1. The highest BCUT2D eigenvalue weighted by atomic mass is 19.1. The number of urea groups is 1. The first-order valence-electron chi connectivity index (χ1n) is 5.92. The largest absolute Gasteiger partial charge is 0.396 e. The zero-order valence-corrected chi connectivity index (χ0v) is 10.6. The summed E-state index contributed by atoms with van der Waals surface area (Å²) < 4.78 is 13.1. The van der Waals surface area contributed by atoms with Crippen molar-refractivity contribution in [2.75, 3.05) is 18.5 Å². The molecule has 19 heavy (non-hydrogen) atoms. The van der Waals surface area contributed by atoms with Crippen molar-refractivity contribution in [3.63, 3.8) is 0 Å². The minimum absolute atomic E-state index is 0.0773. The van der Waals surface area contributed by atoms with Crippen LogP contribution in [0.25, 0.3) is 0 Å². The Morgan fingerprint density at radius 1 is 1.58 bits per heavy atom. The average Bonchev–Trinajstić information content (AvgIpc) is 2.39. The van der Waals surface area contributed by atoms with Crippen molar-refractivity contribution in [2.45, 2.75) is 13.3 Å². The molecule has 1 aromatic carbocycles. The standard InChI is InChI=1S/C13H16FN3O2/c1-9(4-5-18)8-16-13(19)17-11-2-3-12(14)10(6-11)7-15/h2-3,6,9,18H,4-5,8H2,1H3,(H2,16,17,19). The minimum atomic E-state index is -0.620. The molecule has 5 nitrogen and oxygen atoms in total. The number of nitrogens with zero attached hydrogens (tertiary/aromatic N) is 1. The van der Waals surface area contributed by atoms with Gasteiger partial charge in [-0.2, -0.15) is 5.26 Å². The summed E-state index contributed by atoms with van der Waals surface area (Å²) in [5.41, 5.74) is 0.233. The van der Waals surface area contributed by atoms with Gasteiger partial charge in [0.1, 0.15) is 11.9 Å². The van der Waals surface area contributed by atoms with Crippen molar-refractivity contribution in [2.24, 2.45) is 5.92 Å². The van der Waals surface area contributed by atoms with Gasteiger partial charge in [0.15, 0.2) is 0 Å². The number of hydrogen-bond acceptors (Lipinski definition) is 3. The Bertz CT molecular complexity index is 485. The van der Waals surface area contributed by atoms with Gasteiger partial charge in [0.25, 0.3) is 0 Å². The molecule has 0 aliphatic rings. The number of nitrogens with one attached hydrogen (secondary N) is 2. The molecule has 102 valence electrons. The third-order valence-corrected chi connectivity index (χ3v) is 2.58. The number of aliphatic hydroxyl groups is 1. The lowest BCUT2D eigenvalue weighted by Gasteiger charge is -2.12. The van der Waals surface area contributed by atoms with Crippen LogP contribution in [0.3, 0.4) is 0 Å². The minimum Gasteiger partial charge on any atom is -0.396 e. The molecule has 1 unspecified atom stereocenters. The van der Waals surface area contributed by atoms with Gasteiger partial charge in [0.2, 0.25) is 0 Å². The fourth-order valence-electron chi connectivity index (χ4n) is 1.45. The number of amides is 2. The van der Waals surface area contributed by atoms with Crippen LogP contribution < -0.4 is 10.6 Å². The molecule has 0 saturated heterocycles. The number of halogens is 1. The van der Waals surface area contributed by atoms with Gasteiger partial charge in [-0.15, -0.1) is 0 Å². The van der Waals surface area contributed by atoms with Crippen LogP contribution in [0.5, 0.6) is 0 Å². The molecule has 0 aliphatic heterocycles. The first kappa shape index (κ1) is 14.9. The monoisotopic (exact) mass is 265 g/mol. The van der Waals surface area contributed by atoms with Gasteiger partial charge in [-0.3, -0.25) is 0 Å². The molecule has 1 atom stereocenters. The second kappa shape index (κ2) is 7.34. The Morgan fingerprint density at radius 2 is 2.32 bits per heavy atom. The molecule has 0 saturated carbocycles. The summed E-state index contributed by atoms with van der Waals surface area (Å²) in [7, 11) is 0. The van der Waals surface area contributed by atoms with E-state index in [4.69, 9.17) is 10.4 Å². The predicted molar refractivity (Wildman–Crippen MR) is 69.0 cm³/mol. The van der Waals surface area contributed by atoms with Gasteiger partial charge >= 0.3 is 6.03 Å². The normalized spacial score (nSPS) is 11.5. The number of rotatable bonds is 5. The number of benzene rings is 1. The van der Waals surface area contributed by atoms with Gasteiger partial charge in [-0.25, -0.2) is 9.18 Å². The highest BCUT2D eigenvalue weighted by Gasteiger charge is 2.07. The second-order valence-corrected chi connectivity index (χ2v) is 4.26. The maximum absolute atomic E-state index is 13.1. The van der Waals surface area contributed by atoms with Crippen LogP contribution in [0, 0.1) is 23.1 Å². The number of hydrogen-bond donors (Lipinski definition) is 3. The van der Waals surface area contributed by atoms with Crippen molar-refractivity contribution >= 4 is 11.7 Å². The molecule has 0 fully saturated rings. The van der Waals surface area contributed by atoms with Crippen molar-refractivity contribution in [3.8, 4) is 6.07 Å². The molecule has 6 heteroatoms. The van der Waals surface area contributed by atoms with Crippen LogP contribution in [0.15, 0.2) is 18.2 Å². The van der Waals surface area contributed by atoms with Crippen molar-refractivity contribution in [3.05, 3.63) is 29.6 Å². The Labute approximate surface area is 111 Å². The van der Waals surface area contributed by atoms with Gasteiger partial charge in [0.05, 0.1) is 5.56 Å². The first-order chi connectivity index (χ1) is 9.06. The fraction of sp³-hybridized carbons (Fsp3) is 0.385. The molecule has 1 rings (SSSR count). The number of carbonyl (C=O) groups excluding carboxylic acids is 1. The zero-order chi connectivity index (χ0) is 14.3. The van der Waals surface area contributed by atoms with E-state index in [-0.39, 0.29) is 18.1 Å². The summed E-state index contributed by atoms with van der Waals surface area (Å²) in [6.45, 7) is 2.41. The second-order valence-electron chi connectivity index (χ2n) is 4.26. The maximum Gasteiger partial charge on any atom is 0.319 e. The lowest BCUT2D eigenvalue weighted by atomic mass is 10.1. The van der Waals surface area contributed by atoms with E-state index in [2.05, 4.69) is 10.6 Å². The van der Waals surface area contributed by atoms with Gasteiger partial charge in [0, 0.05) is 18.8 Å². The van der Waals surface area contributed by atoms with Crippen molar-refractivity contribution in [1.29, 1.82) is 5.26 Å². The lowest BCUT2D eigenvalue weighted by molar-refractivity contribution is 0.243. The molecule has 0 aromatic heterocycles. The topological polar surface area (TPSA) is 85.2 Å². The Kier molecular flexibility index (Phi) is 5.76. The smallest absolute Gasteiger partial charge is 0.319 e. The van der Waals surface area contributed by atoms with E-state index in [0.717, 1.165) is 6.07 Å². The van der Waals surface area contributed by atoms with E-state index >= 15 is 0 Å². The van der Waals surface area contributed by atoms with Crippen LogP contribution in [-0.4, -0.2) is 24.3 Å². The summed E-state index contributed by atoms with van der Waals surface area (Å²) in [6, 6.07) is 5.05. The molecule has 0 bridgehead atoms. The molecular formula is C13H16FN3O2. The summed E-state index contributed by atoms with van der Waals surface area (Å²) in [5, 5.41) is 22.5. The highest BCUT2D eigenvalue weighted by Crippen LogP contribution is 2.13. The van der Waals surface area contributed by atoms with E-state index in [9.17, 15) is 9.18 Å². The average molecular weight is 265 g/mol. The molecule has 0 spiro atoms. The Balaban J connectivity index is 2.51. The van der Waals surface area contributed by atoms with E-state index < -0.39 is 11.8 Å². The summed E-state index contributed by atoms with van der Waals surface area (Å²) >= 11 is 0. The summed E-state index contributed by atoms with van der Waals surface area (Å²) in [4.78, 5) is 11.5. The summed E-state index contributed by atoms with van der Waals surface area (Å²) in [5.74, 6) is -0.455. The van der Waals surface area contributed by atoms with Gasteiger partial charge < -0.3 is 15.7 Å². The highest BCUT2D eigenvalue weighted by molar-refractivity contribution is 5.89. The Morgan fingerprint density at radius 3 is 2.95 bits per heavy atom. The molecule has 0 aliphatic carbocycles. The number of aliphatic hydroxyl groups excluding tert-OH is 1. The van der Waals surface area contributed by atoms with Crippen LogP contribution in [-0.2, 0) is 0 Å². The third-order valence-electron chi connectivity index (χ3n) is 2.58. The van der Waals surface area contributed by atoms with Crippen LogP contribution in [0.1, 0.15) is 18.9 Å². The quantitative estimate of drug-likeness (QED) is 0.759. The fourth-order valence-corrected chi connectivity index (χ4v) is 1.45. The van der Waals surface area contributed by atoms with Gasteiger partial charge in [-0.05, 0) is 30.5 Å². The van der Waals surface area contributed by atoms with Crippen LogP contribution >= 0.6 is 0 Å². The van der Waals surface area contributed by atoms with Crippen LogP contribution in [0.4, 0.5) is 14.9 Å². The van der Waals surface area contributed by atoms with E-state index in [1.807, 2.05) is 6.92 Å². The van der Waals surface area contributed by atoms with E-state index in [1.54, 1.807) is 6.07 Å². The van der Waals surface area contributed by atoms with Crippen molar-refractivity contribution < 1.29 is 14.3 Å². The molecular weight excluding hydrogens is 249 g/mol. The zero-order valence-electron chi connectivity index (χ0n) is 10.6. The lowest BCUT2D eigenvalue weighted by Crippen LogP contribution is -2.32. The predicted octanol–water partition coefficient (Wildman–Crippen LogP) is 1.84. The summed E-state index contributed by atoms with van der Waals surface area (Å²) in [6.07, 6.45) is 0.607.